The third kappa shape index (κ3) is 12.5. The molecule has 358 valence electrons. The summed E-state index contributed by atoms with van der Waals surface area (Å²) >= 11 is 1.37. The molecule has 0 aromatic carbocycles. The van der Waals surface area contributed by atoms with Crippen LogP contribution < -0.4 is 5.73 Å². The van der Waals surface area contributed by atoms with Crippen molar-refractivity contribution in [2.24, 2.45) is 27.9 Å². The van der Waals surface area contributed by atoms with Crippen LogP contribution in [0.4, 0.5) is 10.2 Å². The lowest BCUT2D eigenvalue weighted by Crippen LogP contribution is -2.61. The number of aliphatic imine (C=N–C) groups is 1. The first-order valence-electron chi connectivity index (χ1n) is 22.0. The summed E-state index contributed by atoms with van der Waals surface area (Å²) in [6, 6.07) is 4.85. The molecule has 2 fully saturated rings. The van der Waals surface area contributed by atoms with E-state index in [1.54, 1.807) is 66.9 Å². The topological polar surface area (TPSA) is 238 Å². The number of anilines is 1. The molecule has 5 N–H and O–H groups in total. The molecular formula is C45H69FN6O11S. The number of hydrogen-bond donors (Lipinski definition) is 4. The third-order valence-electron chi connectivity index (χ3n) is 12.2. The number of nitrogens with zero attached hydrogens (tertiary/aromatic N) is 5. The molecular weight excluding hydrogens is 852 g/mol. The van der Waals surface area contributed by atoms with Gasteiger partial charge in [-0.15, -0.1) is 11.3 Å². The normalized spacial score (nSPS) is 35.6. The van der Waals surface area contributed by atoms with Gasteiger partial charge in [-0.3, -0.25) is 9.59 Å². The quantitative estimate of drug-likeness (QED) is 0.0888. The van der Waals surface area contributed by atoms with Crippen molar-refractivity contribution in [1.29, 1.82) is 0 Å². The number of aromatic nitrogens is 2. The molecule has 2 aromatic rings. The summed E-state index contributed by atoms with van der Waals surface area (Å²) in [6.45, 7) is 15.0. The van der Waals surface area contributed by atoms with Gasteiger partial charge in [0.05, 0.1) is 41.9 Å². The highest BCUT2D eigenvalue weighted by molar-refractivity contribution is 7.13. The minimum atomic E-state index is -3.29. The minimum Gasteiger partial charge on any atom is -0.457 e. The van der Waals surface area contributed by atoms with Crippen molar-refractivity contribution in [1.82, 2.24) is 14.9 Å². The Kier molecular flexibility index (Phi) is 18.2. The van der Waals surface area contributed by atoms with E-state index in [4.69, 9.17) is 29.5 Å². The highest BCUT2D eigenvalue weighted by Gasteiger charge is 2.55. The lowest BCUT2D eigenvalue weighted by Gasteiger charge is -2.46. The number of aliphatic hydroxyl groups excluding tert-OH is 1. The maximum atomic E-state index is 16.8. The second kappa shape index (κ2) is 22.1. The number of halogens is 1. The van der Waals surface area contributed by atoms with E-state index in [0.29, 0.717) is 40.8 Å². The summed E-state index contributed by atoms with van der Waals surface area (Å²) in [5, 5.41) is 43.1. The smallest absolute Gasteiger partial charge is 0.351 e. The number of carbonyl (C=O) groups excluding carboxylic acids is 3. The first-order valence-corrected chi connectivity index (χ1v) is 22.9. The van der Waals surface area contributed by atoms with Gasteiger partial charge in [-0.1, -0.05) is 52.8 Å². The van der Waals surface area contributed by atoms with Crippen molar-refractivity contribution in [3.8, 4) is 10.7 Å². The summed E-state index contributed by atoms with van der Waals surface area (Å²) in [5.41, 5.74) is 0.325. The van der Waals surface area contributed by atoms with E-state index in [1.165, 1.54) is 32.1 Å². The largest absolute Gasteiger partial charge is 0.457 e. The number of carbonyl (C=O) groups is 3. The zero-order chi connectivity index (χ0) is 47.9. The van der Waals surface area contributed by atoms with Gasteiger partial charge in [-0.05, 0) is 85.5 Å². The molecule has 2 aliphatic rings. The maximum Gasteiger partial charge on any atom is 0.351 e. The molecule has 0 saturated carbocycles. The second-order valence-corrected chi connectivity index (χ2v) is 18.8. The van der Waals surface area contributed by atoms with Gasteiger partial charge < -0.3 is 49.7 Å². The lowest BCUT2D eigenvalue weighted by molar-refractivity contribution is -0.293. The Hall–Kier alpha value is -3.82. The molecule has 0 bridgehead atoms. The molecule has 64 heavy (non-hydrogen) atoms. The predicted molar refractivity (Wildman–Crippen MR) is 240 cm³/mol. The molecule has 0 unspecified atom stereocenters. The van der Waals surface area contributed by atoms with Gasteiger partial charge in [0.15, 0.2) is 18.7 Å². The Morgan fingerprint density at radius 3 is 2.34 bits per heavy atom. The highest BCUT2D eigenvalue weighted by Crippen LogP contribution is 2.39. The van der Waals surface area contributed by atoms with E-state index in [2.05, 4.69) is 20.1 Å². The monoisotopic (exact) mass is 920 g/mol. The van der Waals surface area contributed by atoms with E-state index < -0.39 is 95.1 Å². The van der Waals surface area contributed by atoms with Crippen molar-refractivity contribution < 1.29 is 57.9 Å². The number of thiazole rings is 1. The van der Waals surface area contributed by atoms with Gasteiger partial charge in [0, 0.05) is 35.4 Å². The van der Waals surface area contributed by atoms with E-state index >= 15 is 4.39 Å². The standard InChI is InChI=1S/C45H69FN6O11S/c1-13-28(51-60-22-29-23-64-40(48-29)30-17-16-18-33(47)49-30)21-59-39-26(6)35(50-34(53)15-3)24(4)20-43(8,57)38(63-41-36(54)31(52(11)12)19-25(5)61-41)27(7)37(55)44(9,46)42(56)62-32(14-2)45(39,10)58/h16-18,23-27,31-32,36,38-39,41,54,57-58H,13-15,19-22H2,1-12H3,(H2,47,49)/b50-35+,51-28-/t24-,25-,26+,27+,31+,32-,36-,38-,39-,41+,43-,44+,45-/m1/s1. The molecule has 0 spiro atoms. The average Bonchev–Trinajstić information content (AvgIpc) is 3.71. The fourth-order valence-corrected chi connectivity index (χ4v) is 9.41. The number of amides is 1. The first-order chi connectivity index (χ1) is 29.9. The Bertz CT molecular complexity index is 1970. The summed E-state index contributed by atoms with van der Waals surface area (Å²) in [5.74, 6) is -6.15. The number of rotatable bonds is 13. The average molecular weight is 921 g/mol. The Balaban J connectivity index is 1.74. The van der Waals surface area contributed by atoms with Crippen LogP contribution in [-0.4, -0.2) is 140 Å². The van der Waals surface area contributed by atoms with Crippen LogP contribution in [0.1, 0.15) is 107 Å². The van der Waals surface area contributed by atoms with Gasteiger partial charge in [0.1, 0.15) is 34.3 Å². The van der Waals surface area contributed by atoms with Crippen LogP contribution in [0.5, 0.6) is 0 Å². The minimum absolute atomic E-state index is 0.0201. The number of hydrogen-bond acceptors (Lipinski definition) is 17. The van der Waals surface area contributed by atoms with Crippen LogP contribution in [0.15, 0.2) is 33.7 Å². The van der Waals surface area contributed by atoms with Crippen molar-refractivity contribution in [2.45, 2.75) is 168 Å². The van der Waals surface area contributed by atoms with Crippen molar-refractivity contribution in [3.63, 3.8) is 0 Å². The fraction of sp³-hybridized carbons (Fsp3) is 0.711. The third-order valence-corrected chi connectivity index (χ3v) is 13.1. The molecule has 4 heterocycles. The maximum absolute atomic E-state index is 16.8. The molecule has 4 rings (SSSR count). The van der Waals surface area contributed by atoms with Gasteiger partial charge >= 0.3 is 5.97 Å². The number of nitrogens with two attached hydrogens (primary N) is 1. The van der Waals surface area contributed by atoms with Crippen molar-refractivity contribution >= 4 is 46.2 Å². The number of ether oxygens (including phenoxy) is 4. The number of oxime groups is 1. The van der Waals surface area contributed by atoms with E-state index in [-0.39, 0.29) is 38.2 Å². The van der Waals surface area contributed by atoms with Crippen LogP contribution in [0.3, 0.4) is 0 Å². The van der Waals surface area contributed by atoms with E-state index in [1.807, 2.05) is 17.2 Å². The molecule has 13 atom stereocenters. The lowest BCUT2D eigenvalue weighted by atomic mass is 9.73. The van der Waals surface area contributed by atoms with Crippen LogP contribution in [-0.2, 0) is 44.8 Å². The number of Topliss-reactive ketones (excluding diaryl/α,β-unsaturated/α-hetero) is 1. The van der Waals surface area contributed by atoms with Gasteiger partial charge in [-0.2, -0.15) is 0 Å². The number of likely N-dealkylation sites (N-methyl/N-ethyl adjacent to an activating group) is 1. The number of aliphatic hydroxyl groups is 3. The number of ketones is 1. The second-order valence-electron chi connectivity index (χ2n) is 18.0. The van der Waals surface area contributed by atoms with Gasteiger partial charge in [0.25, 0.3) is 5.67 Å². The molecule has 2 aromatic heterocycles. The van der Waals surface area contributed by atoms with E-state index in [0.717, 1.165) is 6.92 Å². The first kappa shape index (κ1) is 52.8. The Morgan fingerprint density at radius 1 is 1.05 bits per heavy atom. The predicted octanol–water partition coefficient (Wildman–Crippen LogP) is 5.08. The SMILES string of the molecule is CCC(=O)/N=C1\[C@H](C)C[C@@](C)(O)[C@H](O[C@@H]2O[C@H](C)C[C@H](N(C)C)[C@H]2O)[C@@H](C)C(=O)[C@](C)(F)C(=O)O[C@H](CC)[C@@](C)(O)[C@H](OC/C(CC)=N\OCc2csc(-c3cccc(N)n3)n2)[C@H]1C. The van der Waals surface area contributed by atoms with E-state index in [9.17, 15) is 29.7 Å². The van der Waals surface area contributed by atoms with Gasteiger partial charge in [-0.25, -0.2) is 24.1 Å². The van der Waals surface area contributed by atoms with Gasteiger partial charge in [0.2, 0.25) is 5.91 Å². The summed E-state index contributed by atoms with van der Waals surface area (Å²) in [4.78, 5) is 62.1. The summed E-state index contributed by atoms with van der Waals surface area (Å²) < 4.78 is 41.4. The molecule has 0 radical (unpaired) electrons. The number of cyclic esters (lactones) is 1. The molecule has 2 aliphatic heterocycles. The summed E-state index contributed by atoms with van der Waals surface area (Å²) in [6.07, 6.45) is -6.72. The molecule has 2 saturated heterocycles. The fourth-order valence-electron chi connectivity index (χ4n) is 8.64. The molecule has 19 heteroatoms. The van der Waals surface area contributed by atoms with Crippen LogP contribution in [0.2, 0.25) is 0 Å². The number of pyridine rings is 1. The van der Waals surface area contributed by atoms with Crippen LogP contribution in [0.25, 0.3) is 10.7 Å². The summed E-state index contributed by atoms with van der Waals surface area (Å²) in [7, 11) is 3.58. The van der Waals surface area contributed by atoms with Crippen LogP contribution >= 0.6 is 11.3 Å². The number of alkyl halides is 1. The molecule has 0 aliphatic carbocycles. The zero-order valence-electron chi connectivity index (χ0n) is 39.2. The van der Waals surface area contributed by atoms with Crippen molar-refractivity contribution in [3.05, 3.63) is 29.3 Å². The zero-order valence-corrected chi connectivity index (χ0v) is 40.1. The molecule has 17 nitrogen and oxygen atoms in total. The van der Waals surface area contributed by atoms with Crippen LogP contribution in [0, 0.1) is 17.8 Å². The molecule has 1 amide bonds. The number of esters is 1. The van der Waals surface area contributed by atoms with Crippen molar-refractivity contribution in [2.75, 3.05) is 26.4 Å². The highest BCUT2D eigenvalue weighted by atomic mass is 32.1. The number of nitrogen functional groups attached to an aromatic ring is 1. The Morgan fingerprint density at radius 2 is 1.73 bits per heavy atom. The Labute approximate surface area is 380 Å².